The van der Waals surface area contributed by atoms with Crippen LogP contribution in [0.15, 0.2) is 66.9 Å². The zero-order valence-electron chi connectivity index (χ0n) is 13.5. The first-order valence-electron chi connectivity index (χ1n) is 7.59. The highest BCUT2D eigenvalue weighted by Crippen LogP contribution is 2.22. The van der Waals surface area contributed by atoms with Gasteiger partial charge in [0.05, 0.1) is 29.7 Å². The van der Waals surface area contributed by atoms with Crippen molar-refractivity contribution in [2.75, 3.05) is 17.7 Å². The SMILES string of the molecule is COc1cccc(Nc2ccc(C(=O)Nc3ccccc3Cl)nc2)c1. The largest absolute Gasteiger partial charge is 0.497 e. The topological polar surface area (TPSA) is 63.2 Å². The highest BCUT2D eigenvalue weighted by atomic mass is 35.5. The van der Waals surface area contributed by atoms with Gasteiger partial charge in [0, 0.05) is 11.8 Å². The molecular weight excluding hydrogens is 338 g/mol. The molecule has 0 aliphatic heterocycles. The summed E-state index contributed by atoms with van der Waals surface area (Å²) in [7, 11) is 1.62. The quantitative estimate of drug-likeness (QED) is 0.695. The lowest BCUT2D eigenvalue weighted by Gasteiger charge is -2.09. The molecule has 0 spiro atoms. The molecule has 2 aromatic carbocycles. The van der Waals surface area contributed by atoms with Gasteiger partial charge in [-0.05, 0) is 36.4 Å². The molecule has 0 bridgehead atoms. The standard InChI is InChI=1S/C19H16ClN3O2/c1-25-15-6-4-5-13(11-15)22-14-9-10-18(21-12-14)19(24)23-17-8-3-2-7-16(17)20/h2-12,22H,1H3,(H,23,24). The second-order valence-corrected chi connectivity index (χ2v) is 5.63. The summed E-state index contributed by atoms with van der Waals surface area (Å²) in [6.45, 7) is 0. The number of ether oxygens (including phenoxy) is 1. The molecule has 126 valence electrons. The van der Waals surface area contributed by atoms with Crippen LogP contribution in [0.5, 0.6) is 5.75 Å². The molecule has 0 unspecified atom stereocenters. The van der Waals surface area contributed by atoms with E-state index in [0.717, 1.165) is 17.1 Å². The maximum absolute atomic E-state index is 12.3. The minimum absolute atomic E-state index is 0.302. The Kier molecular flexibility index (Phi) is 5.16. The average Bonchev–Trinajstić information content (AvgIpc) is 2.64. The van der Waals surface area contributed by atoms with E-state index in [1.54, 1.807) is 49.7 Å². The van der Waals surface area contributed by atoms with Crippen LogP contribution in [-0.2, 0) is 0 Å². The van der Waals surface area contributed by atoms with E-state index >= 15 is 0 Å². The Hall–Kier alpha value is -3.05. The number of hydrogen-bond acceptors (Lipinski definition) is 4. The predicted octanol–water partition coefficient (Wildman–Crippen LogP) is 4.74. The summed E-state index contributed by atoms with van der Waals surface area (Å²) in [4.78, 5) is 16.4. The van der Waals surface area contributed by atoms with Gasteiger partial charge >= 0.3 is 0 Å². The number of nitrogens with one attached hydrogen (secondary N) is 2. The summed E-state index contributed by atoms with van der Waals surface area (Å²) in [5.74, 6) is 0.440. The van der Waals surface area contributed by atoms with Crippen LogP contribution in [0, 0.1) is 0 Å². The molecule has 0 saturated carbocycles. The number of hydrogen-bond donors (Lipinski definition) is 2. The molecule has 1 amide bonds. The number of pyridine rings is 1. The number of anilines is 3. The first-order chi connectivity index (χ1) is 12.2. The first-order valence-corrected chi connectivity index (χ1v) is 7.96. The van der Waals surface area contributed by atoms with Gasteiger partial charge in [-0.3, -0.25) is 4.79 Å². The molecule has 0 saturated heterocycles. The molecule has 0 aliphatic carbocycles. The molecule has 5 nitrogen and oxygen atoms in total. The number of carbonyl (C=O) groups excluding carboxylic acids is 1. The van der Waals surface area contributed by atoms with Crippen molar-refractivity contribution in [1.82, 2.24) is 4.98 Å². The van der Waals surface area contributed by atoms with Gasteiger partial charge in [0.15, 0.2) is 0 Å². The summed E-state index contributed by atoms with van der Waals surface area (Å²) >= 11 is 6.04. The number of nitrogens with zero attached hydrogens (tertiary/aromatic N) is 1. The molecule has 0 atom stereocenters. The third kappa shape index (κ3) is 4.28. The number of aromatic nitrogens is 1. The van der Waals surface area contributed by atoms with Gasteiger partial charge in [-0.1, -0.05) is 29.8 Å². The van der Waals surface area contributed by atoms with Crippen LogP contribution in [0.2, 0.25) is 5.02 Å². The van der Waals surface area contributed by atoms with Gasteiger partial charge in [-0.25, -0.2) is 4.98 Å². The van der Waals surface area contributed by atoms with Crippen LogP contribution in [0.3, 0.4) is 0 Å². The number of carbonyl (C=O) groups is 1. The number of benzene rings is 2. The summed E-state index contributed by atoms with van der Waals surface area (Å²) in [6.07, 6.45) is 1.60. The van der Waals surface area contributed by atoms with Crippen molar-refractivity contribution < 1.29 is 9.53 Å². The van der Waals surface area contributed by atoms with Crippen molar-refractivity contribution >= 4 is 34.6 Å². The molecule has 3 rings (SSSR count). The lowest BCUT2D eigenvalue weighted by Crippen LogP contribution is -2.13. The summed E-state index contributed by atoms with van der Waals surface area (Å²) in [5, 5.41) is 6.43. The van der Waals surface area contributed by atoms with Gasteiger partial charge in [0.1, 0.15) is 11.4 Å². The van der Waals surface area contributed by atoms with Crippen LogP contribution in [0.4, 0.5) is 17.1 Å². The molecule has 25 heavy (non-hydrogen) atoms. The maximum atomic E-state index is 12.3. The van der Waals surface area contributed by atoms with Crippen LogP contribution >= 0.6 is 11.6 Å². The van der Waals surface area contributed by atoms with Gasteiger partial charge in [0.25, 0.3) is 5.91 Å². The van der Waals surface area contributed by atoms with E-state index in [0.29, 0.717) is 16.4 Å². The molecule has 2 N–H and O–H groups in total. The monoisotopic (exact) mass is 353 g/mol. The smallest absolute Gasteiger partial charge is 0.274 e. The Morgan fingerprint density at radius 2 is 1.88 bits per heavy atom. The van der Waals surface area contributed by atoms with Crippen molar-refractivity contribution in [2.45, 2.75) is 0 Å². The molecule has 0 fully saturated rings. The summed E-state index contributed by atoms with van der Waals surface area (Å²) in [6, 6.07) is 18.0. The van der Waals surface area contributed by atoms with E-state index in [-0.39, 0.29) is 5.91 Å². The molecule has 6 heteroatoms. The van der Waals surface area contributed by atoms with E-state index in [1.807, 2.05) is 24.3 Å². The Morgan fingerprint density at radius 3 is 2.60 bits per heavy atom. The first kappa shape index (κ1) is 16.8. The van der Waals surface area contributed by atoms with Gasteiger partial charge in [-0.15, -0.1) is 0 Å². The summed E-state index contributed by atoms with van der Waals surface area (Å²) < 4.78 is 5.19. The summed E-state index contributed by atoms with van der Waals surface area (Å²) in [5.41, 5.74) is 2.49. The molecular formula is C19H16ClN3O2. The molecule has 0 aliphatic rings. The van der Waals surface area contributed by atoms with E-state index < -0.39 is 0 Å². The second kappa shape index (κ2) is 7.68. The van der Waals surface area contributed by atoms with E-state index in [1.165, 1.54) is 0 Å². The van der Waals surface area contributed by atoms with Crippen LogP contribution in [-0.4, -0.2) is 18.0 Å². The van der Waals surface area contributed by atoms with Crippen molar-refractivity contribution in [3.05, 3.63) is 77.6 Å². The van der Waals surface area contributed by atoms with Gasteiger partial charge in [-0.2, -0.15) is 0 Å². The fourth-order valence-electron chi connectivity index (χ4n) is 2.22. The predicted molar refractivity (Wildman–Crippen MR) is 99.9 cm³/mol. The lowest BCUT2D eigenvalue weighted by molar-refractivity contribution is 0.102. The fraction of sp³-hybridized carbons (Fsp3) is 0.0526. The van der Waals surface area contributed by atoms with E-state index in [9.17, 15) is 4.79 Å². The fourth-order valence-corrected chi connectivity index (χ4v) is 2.40. The molecule has 1 heterocycles. The Labute approximate surface area is 150 Å². The Morgan fingerprint density at radius 1 is 1.04 bits per heavy atom. The van der Waals surface area contributed by atoms with E-state index in [4.69, 9.17) is 16.3 Å². The number of para-hydroxylation sites is 1. The van der Waals surface area contributed by atoms with Crippen molar-refractivity contribution in [1.29, 1.82) is 0 Å². The van der Waals surface area contributed by atoms with Crippen molar-refractivity contribution in [3.8, 4) is 5.75 Å². The minimum atomic E-state index is -0.318. The van der Waals surface area contributed by atoms with Crippen molar-refractivity contribution in [2.24, 2.45) is 0 Å². The number of methoxy groups -OCH3 is 1. The Bertz CT molecular complexity index is 882. The zero-order chi connectivity index (χ0) is 17.6. The third-order valence-corrected chi connectivity index (χ3v) is 3.81. The molecule has 1 aromatic heterocycles. The molecule has 3 aromatic rings. The normalized spacial score (nSPS) is 10.2. The highest BCUT2D eigenvalue weighted by Gasteiger charge is 2.09. The maximum Gasteiger partial charge on any atom is 0.274 e. The number of halogens is 1. The van der Waals surface area contributed by atoms with Crippen LogP contribution in [0.1, 0.15) is 10.5 Å². The highest BCUT2D eigenvalue weighted by molar-refractivity contribution is 6.33. The number of amides is 1. The minimum Gasteiger partial charge on any atom is -0.497 e. The zero-order valence-corrected chi connectivity index (χ0v) is 14.2. The van der Waals surface area contributed by atoms with Gasteiger partial charge in [0.2, 0.25) is 0 Å². The average molecular weight is 354 g/mol. The van der Waals surface area contributed by atoms with Crippen LogP contribution < -0.4 is 15.4 Å². The third-order valence-electron chi connectivity index (χ3n) is 3.48. The van der Waals surface area contributed by atoms with Crippen molar-refractivity contribution in [3.63, 3.8) is 0 Å². The Balaban J connectivity index is 1.69. The van der Waals surface area contributed by atoms with Crippen LogP contribution in [0.25, 0.3) is 0 Å². The molecule has 0 radical (unpaired) electrons. The number of rotatable bonds is 5. The second-order valence-electron chi connectivity index (χ2n) is 5.22. The van der Waals surface area contributed by atoms with Gasteiger partial charge < -0.3 is 15.4 Å². The van der Waals surface area contributed by atoms with E-state index in [2.05, 4.69) is 15.6 Å². The lowest BCUT2D eigenvalue weighted by atomic mass is 10.2.